The second kappa shape index (κ2) is 11.7. The monoisotopic (exact) mass is 576 g/mol. The molecular formula is C43H32N2. The Morgan fingerprint density at radius 3 is 1.58 bits per heavy atom. The van der Waals surface area contributed by atoms with E-state index >= 15 is 0 Å². The second-order valence-electron chi connectivity index (χ2n) is 11.4. The highest BCUT2D eigenvalue weighted by Gasteiger charge is 2.23. The molecule has 2 heteroatoms. The van der Waals surface area contributed by atoms with Gasteiger partial charge in [0.05, 0.1) is 11.7 Å². The smallest absolute Gasteiger partial charge is 0.0718 e. The van der Waals surface area contributed by atoms with Gasteiger partial charge < -0.3 is 9.80 Å². The van der Waals surface area contributed by atoms with Crippen molar-refractivity contribution in [1.29, 1.82) is 0 Å². The number of rotatable bonds is 7. The van der Waals surface area contributed by atoms with Crippen molar-refractivity contribution in [2.24, 2.45) is 0 Å². The number of anilines is 5. The molecule has 0 aliphatic heterocycles. The van der Waals surface area contributed by atoms with Gasteiger partial charge in [-0.2, -0.15) is 0 Å². The zero-order valence-electron chi connectivity index (χ0n) is 24.9. The third-order valence-corrected chi connectivity index (χ3v) is 8.66. The van der Waals surface area contributed by atoms with Gasteiger partial charge in [-0.25, -0.2) is 0 Å². The van der Waals surface area contributed by atoms with Crippen molar-refractivity contribution in [3.63, 3.8) is 0 Å². The van der Waals surface area contributed by atoms with Gasteiger partial charge in [0, 0.05) is 33.5 Å². The number of allylic oxidation sites excluding steroid dienone is 2. The normalized spacial score (nSPS) is 14.0. The number of nitrogens with zero attached hydrogens (tertiary/aromatic N) is 2. The SMILES string of the molecule is C1=C[C@@H](N(c2ccccc2)c2cccc3ccccc23)C=C1c1ccc(N(c2ccccc2)c2cccc3ccccc23)cc1. The standard InChI is InChI=1S/C43H32N2/c1-3-17-36(18-4-1)44(42-23-11-15-33-13-7-9-21-40(33)42)38-28-25-32(26-29-38)35-27-30-39(31-35)45(37-19-5-2-6-20-37)43-24-12-16-34-14-8-10-22-41(34)43/h1-31,39H/t39-/m1/s1. The van der Waals surface area contributed by atoms with E-state index in [1.165, 1.54) is 49.7 Å². The molecule has 0 bridgehead atoms. The van der Waals surface area contributed by atoms with E-state index in [1.807, 2.05) is 0 Å². The largest absolute Gasteiger partial charge is 0.330 e. The zero-order chi connectivity index (χ0) is 30.0. The molecule has 45 heavy (non-hydrogen) atoms. The summed E-state index contributed by atoms with van der Waals surface area (Å²) >= 11 is 0. The molecule has 214 valence electrons. The Bertz CT molecular complexity index is 2150. The molecule has 1 aliphatic rings. The molecule has 0 amide bonds. The Balaban J connectivity index is 1.17. The van der Waals surface area contributed by atoms with Gasteiger partial charge in [0.1, 0.15) is 0 Å². The van der Waals surface area contributed by atoms with Crippen molar-refractivity contribution in [1.82, 2.24) is 0 Å². The van der Waals surface area contributed by atoms with Crippen molar-refractivity contribution in [2.45, 2.75) is 6.04 Å². The van der Waals surface area contributed by atoms with Crippen molar-refractivity contribution in [2.75, 3.05) is 9.80 Å². The first-order valence-electron chi connectivity index (χ1n) is 15.5. The third-order valence-electron chi connectivity index (χ3n) is 8.66. The van der Waals surface area contributed by atoms with Crippen LogP contribution in [0.5, 0.6) is 0 Å². The minimum atomic E-state index is 0.0874. The van der Waals surface area contributed by atoms with Crippen LogP contribution in [0.1, 0.15) is 5.56 Å². The van der Waals surface area contributed by atoms with E-state index in [1.54, 1.807) is 0 Å². The van der Waals surface area contributed by atoms with Crippen LogP contribution in [-0.2, 0) is 0 Å². The fourth-order valence-electron chi connectivity index (χ4n) is 6.54. The Kier molecular flexibility index (Phi) is 6.94. The summed E-state index contributed by atoms with van der Waals surface area (Å²) in [5.74, 6) is 0. The van der Waals surface area contributed by atoms with Crippen LogP contribution in [0.3, 0.4) is 0 Å². The van der Waals surface area contributed by atoms with Crippen LogP contribution in [0.15, 0.2) is 188 Å². The molecule has 7 aromatic carbocycles. The maximum Gasteiger partial charge on any atom is 0.0718 e. The van der Waals surface area contributed by atoms with Crippen LogP contribution in [0.4, 0.5) is 28.4 Å². The van der Waals surface area contributed by atoms with Crippen LogP contribution in [-0.4, -0.2) is 6.04 Å². The quantitative estimate of drug-likeness (QED) is 0.186. The van der Waals surface area contributed by atoms with Gasteiger partial charge in [-0.15, -0.1) is 0 Å². The highest BCUT2D eigenvalue weighted by Crippen LogP contribution is 2.40. The zero-order valence-corrected chi connectivity index (χ0v) is 24.9. The molecule has 0 N–H and O–H groups in total. The van der Waals surface area contributed by atoms with Crippen molar-refractivity contribution >= 4 is 55.6 Å². The van der Waals surface area contributed by atoms with E-state index < -0.39 is 0 Å². The first kappa shape index (κ1) is 26.7. The second-order valence-corrected chi connectivity index (χ2v) is 11.4. The Morgan fingerprint density at radius 1 is 0.400 bits per heavy atom. The molecule has 0 heterocycles. The predicted octanol–water partition coefficient (Wildman–Crippen LogP) is 11.6. The summed E-state index contributed by atoms with van der Waals surface area (Å²) in [6, 6.07) is 60.7. The molecule has 7 aromatic rings. The summed E-state index contributed by atoms with van der Waals surface area (Å²) in [6.07, 6.45) is 6.95. The molecule has 0 aromatic heterocycles. The van der Waals surface area contributed by atoms with Crippen LogP contribution in [0, 0.1) is 0 Å². The van der Waals surface area contributed by atoms with Crippen LogP contribution >= 0.6 is 0 Å². The van der Waals surface area contributed by atoms with Crippen molar-refractivity contribution < 1.29 is 0 Å². The fourth-order valence-corrected chi connectivity index (χ4v) is 6.54. The topological polar surface area (TPSA) is 6.48 Å². The van der Waals surface area contributed by atoms with Gasteiger partial charge in [-0.05, 0) is 70.4 Å². The molecule has 8 rings (SSSR count). The Morgan fingerprint density at radius 2 is 0.911 bits per heavy atom. The number of fused-ring (bicyclic) bond motifs is 2. The molecule has 0 saturated carbocycles. The lowest BCUT2D eigenvalue weighted by molar-refractivity contribution is 0.960. The summed E-state index contributed by atoms with van der Waals surface area (Å²) in [5, 5.41) is 4.95. The summed E-state index contributed by atoms with van der Waals surface area (Å²) in [4.78, 5) is 4.79. The summed E-state index contributed by atoms with van der Waals surface area (Å²) in [7, 11) is 0. The number of benzene rings is 7. The van der Waals surface area contributed by atoms with E-state index in [4.69, 9.17) is 0 Å². The summed E-state index contributed by atoms with van der Waals surface area (Å²) < 4.78 is 0. The van der Waals surface area contributed by atoms with Gasteiger partial charge in [0.25, 0.3) is 0 Å². The first-order chi connectivity index (χ1) is 22.3. The molecular weight excluding hydrogens is 544 g/mol. The lowest BCUT2D eigenvalue weighted by atomic mass is 10.0. The maximum absolute atomic E-state index is 2.44. The average Bonchev–Trinajstić information content (AvgIpc) is 3.60. The molecule has 0 unspecified atom stereocenters. The average molecular weight is 577 g/mol. The van der Waals surface area contributed by atoms with Gasteiger partial charge in [-0.1, -0.05) is 140 Å². The molecule has 0 fully saturated rings. The van der Waals surface area contributed by atoms with E-state index in [2.05, 4.69) is 198 Å². The van der Waals surface area contributed by atoms with E-state index in [-0.39, 0.29) is 6.04 Å². The fraction of sp³-hybridized carbons (Fsp3) is 0.0233. The lowest BCUT2D eigenvalue weighted by Gasteiger charge is -2.30. The minimum absolute atomic E-state index is 0.0874. The molecule has 1 atom stereocenters. The van der Waals surface area contributed by atoms with E-state index in [9.17, 15) is 0 Å². The predicted molar refractivity (Wildman–Crippen MR) is 192 cm³/mol. The highest BCUT2D eigenvalue weighted by molar-refractivity contribution is 5.99. The van der Waals surface area contributed by atoms with Crippen molar-refractivity contribution in [3.8, 4) is 0 Å². The minimum Gasteiger partial charge on any atom is -0.330 e. The van der Waals surface area contributed by atoms with Gasteiger partial charge >= 0.3 is 0 Å². The third kappa shape index (κ3) is 5.07. The van der Waals surface area contributed by atoms with Crippen LogP contribution in [0.2, 0.25) is 0 Å². The summed E-state index contributed by atoms with van der Waals surface area (Å²) in [5.41, 5.74) is 8.23. The number of hydrogen-bond acceptors (Lipinski definition) is 2. The van der Waals surface area contributed by atoms with Gasteiger partial charge in [0.15, 0.2) is 0 Å². The van der Waals surface area contributed by atoms with Crippen molar-refractivity contribution in [3.05, 3.63) is 194 Å². The van der Waals surface area contributed by atoms with E-state index in [0.717, 1.165) is 11.4 Å². The highest BCUT2D eigenvalue weighted by atomic mass is 15.2. The Labute approximate surface area is 264 Å². The molecule has 2 nitrogen and oxygen atoms in total. The molecule has 0 radical (unpaired) electrons. The molecule has 0 saturated heterocycles. The van der Waals surface area contributed by atoms with E-state index in [0.29, 0.717) is 0 Å². The lowest BCUT2D eigenvalue weighted by Crippen LogP contribution is -2.26. The first-order valence-corrected chi connectivity index (χ1v) is 15.5. The molecule has 0 spiro atoms. The maximum atomic E-state index is 2.44. The number of hydrogen-bond donors (Lipinski definition) is 0. The van der Waals surface area contributed by atoms with Crippen LogP contribution < -0.4 is 9.80 Å². The number of para-hydroxylation sites is 2. The Hall–Kier alpha value is -5.86. The van der Waals surface area contributed by atoms with Gasteiger partial charge in [0.2, 0.25) is 0 Å². The summed E-state index contributed by atoms with van der Waals surface area (Å²) in [6.45, 7) is 0. The van der Waals surface area contributed by atoms with Crippen LogP contribution in [0.25, 0.3) is 27.1 Å². The molecule has 1 aliphatic carbocycles. The van der Waals surface area contributed by atoms with Gasteiger partial charge in [-0.3, -0.25) is 0 Å².